The number of pyridine rings is 1. The fourth-order valence-corrected chi connectivity index (χ4v) is 7.92. The van der Waals surface area contributed by atoms with E-state index in [2.05, 4.69) is 183 Å². The zero-order valence-electron chi connectivity index (χ0n) is 30.1. The Morgan fingerprint density at radius 3 is 2.07 bits per heavy atom. The van der Waals surface area contributed by atoms with E-state index in [-0.39, 0.29) is 26.5 Å². The molecule has 0 saturated heterocycles. The van der Waals surface area contributed by atoms with Gasteiger partial charge in [-0.15, -0.1) is 36.6 Å². The van der Waals surface area contributed by atoms with Gasteiger partial charge in [0.2, 0.25) is 0 Å². The van der Waals surface area contributed by atoms with Crippen LogP contribution in [0.4, 0.5) is 11.4 Å². The quantitative estimate of drug-likeness (QED) is 0.149. The largest absolute Gasteiger partial charge is 0.500 e. The minimum Gasteiger partial charge on any atom is -0.500 e. The smallest absolute Gasteiger partial charge is 0.107 e. The third kappa shape index (κ3) is 6.86. The molecule has 0 bridgehead atoms. The van der Waals surface area contributed by atoms with Crippen LogP contribution in [0, 0.1) is 18.8 Å². The van der Waals surface area contributed by atoms with Crippen LogP contribution in [0.15, 0.2) is 158 Å². The molecule has 0 amide bonds. The van der Waals surface area contributed by atoms with Crippen molar-refractivity contribution in [3.05, 3.63) is 182 Å². The van der Waals surface area contributed by atoms with E-state index in [4.69, 9.17) is 9.72 Å². The Labute approximate surface area is 335 Å². The first-order valence-electron chi connectivity index (χ1n) is 17.8. The molecule has 1 aliphatic rings. The van der Waals surface area contributed by atoms with Gasteiger partial charge in [0.1, 0.15) is 5.06 Å². The van der Waals surface area contributed by atoms with Gasteiger partial charge in [-0.05, 0) is 52.0 Å². The molecule has 8 aromatic rings. The molecule has 1 aliphatic heterocycles. The van der Waals surface area contributed by atoms with Gasteiger partial charge in [0.15, 0.2) is 0 Å². The number of para-hydroxylation sites is 1. The first-order valence-corrected chi connectivity index (χ1v) is 18.6. The maximum atomic E-state index is 6.53. The Kier molecular flexibility index (Phi) is 9.70. The maximum absolute atomic E-state index is 6.53. The van der Waals surface area contributed by atoms with Gasteiger partial charge < -0.3 is 14.5 Å². The molecule has 0 unspecified atom stereocenters. The van der Waals surface area contributed by atoms with E-state index in [1.54, 1.807) is 11.3 Å². The summed E-state index contributed by atoms with van der Waals surface area (Å²) in [5.41, 5.74) is 9.89. The van der Waals surface area contributed by atoms with Crippen LogP contribution >= 0.6 is 11.3 Å². The number of hydrogen-bond acceptors (Lipinski definition) is 5. The molecule has 0 saturated carbocycles. The Morgan fingerprint density at radius 2 is 1.35 bits per heavy atom. The molecule has 0 spiro atoms. The van der Waals surface area contributed by atoms with E-state index in [9.17, 15) is 0 Å². The van der Waals surface area contributed by atoms with E-state index >= 15 is 0 Å². The van der Waals surface area contributed by atoms with Gasteiger partial charge in [-0.2, -0.15) is 22.8 Å². The van der Waals surface area contributed by atoms with Gasteiger partial charge >= 0.3 is 0 Å². The van der Waals surface area contributed by atoms with Crippen LogP contribution < -0.4 is 14.5 Å². The van der Waals surface area contributed by atoms with Gasteiger partial charge in [0, 0.05) is 55.5 Å². The Morgan fingerprint density at radius 1 is 0.685 bits per heavy atom. The third-order valence-corrected chi connectivity index (χ3v) is 10.6. The first-order chi connectivity index (χ1) is 25.9. The minimum atomic E-state index is 0. The SMILES string of the molecule is CC(C)(C)c1ccnc(-c2c3[c-]c(Oc4[c-]c(N5C=CN(c6c(-c7ccccc7)cccc6-c6ccccc6)[CH-]5)ccc4)sc3cc3ccccc23)c1.[Pt]. The Bertz CT molecular complexity index is 2570. The van der Waals surface area contributed by atoms with Crippen LogP contribution in [-0.4, -0.2) is 4.98 Å². The first kappa shape index (κ1) is 35.5. The van der Waals surface area contributed by atoms with E-state index in [0.717, 1.165) is 60.4 Å². The molecular weight excluding hydrogens is 862 g/mol. The van der Waals surface area contributed by atoms with Crippen molar-refractivity contribution in [3.63, 3.8) is 0 Å². The summed E-state index contributed by atoms with van der Waals surface area (Å²) in [7, 11) is 0. The van der Waals surface area contributed by atoms with Crippen molar-refractivity contribution < 1.29 is 25.8 Å². The normalized spacial score (nSPS) is 12.7. The Balaban J connectivity index is 0.00000413. The second-order valence-electron chi connectivity index (χ2n) is 14.2. The van der Waals surface area contributed by atoms with E-state index in [0.29, 0.717) is 10.8 Å². The van der Waals surface area contributed by atoms with E-state index in [1.165, 1.54) is 10.9 Å². The summed E-state index contributed by atoms with van der Waals surface area (Å²) in [6, 6.07) is 55.8. The summed E-state index contributed by atoms with van der Waals surface area (Å²) in [6.07, 6.45) is 6.08. The van der Waals surface area contributed by atoms with Crippen LogP contribution in [-0.2, 0) is 26.5 Å². The molecule has 54 heavy (non-hydrogen) atoms. The summed E-state index contributed by atoms with van der Waals surface area (Å²) in [5.74, 6) is 0.624. The van der Waals surface area contributed by atoms with E-state index in [1.807, 2.05) is 24.4 Å². The number of hydrogen-bond donors (Lipinski definition) is 0. The third-order valence-electron chi connectivity index (χ3n) is 9.66. The predicted molar refractivity (Wildman–Crippen MR) is 221 cm³/mol. The second kappa shape index (κ2) is 14.7. The van der Waals surface area contributed by atoms with Crippen LogP contribution in [0.3, 0.4) is 0 Å². The van der Waals surface area contributed by atoms with Crippen molar-refractivity contribution in [1.82, 2.24) is 4.98 Å². The van der Waals surface area contributed by atoms with Crippen molar-refractivity contribution in [1.29, 1.82) is 0 Å². The molecule has 0 aliphatic carbocycles. The zero-order chi connectivity index (χ0) is 35.9. The second-order valence-corrected chi connectivity index (χ2v) is 15.2. The number of nitrogens with zero attached hydrogens (tertiary/aromatic N) is 3. The summed E-state index contributed by atoms with van der Waals surface area (Å²) >= 11 is 1.59. The summed E-state index contributed by atoms with van der Waals surface area (Å²) in [6.45, 7) is 8.80. The molecule has 0 fully saturated rings. The zero-order valence-corrected chi connectivity index (χ0v) is 33.2. The van der Waals surface area contributed by atoms with Crippen molar-refractivity contribution in [2.24, 2.45) is 0 Å². The monoisotopic (exact) mass is 897 g/mol. The average Bonchev–Trinajstić information content (AvgIpc) is 3.84. The number of ether oxygens (including phenoxy) is 1. The average molecular weight is 898 g/mol. The van der Waals surface area contributed by atoms with Crippen molar-refractivity contribution in [2.75, 3.05) is 9.80 Å². The van der Waals surface area contributed by atoms with Crippen molar-refractivity contribution in [3.8, 4) is 44.3 Å². The maximum Gasteiger partial charge on any atom is 0.107 e. The molecule has 0 atom stereocenters. The predicted octanol–water partition coefficient (Wildman–Crippen LogP) is 13.1. The van der Waals surface area contributed by atoms with Gasteiger partial charge in [0.05, 0.1) is 0 Å². The molecule has 0 N–H and O–H groups in total. The fourth-order valence-electron chi connectivity index (χ4n) is 7.00. The van der Waals surface area contributed by atoms with Gasteiger partial charge in [0.25, 0.3) is 0 Å². The number of anilines is 2. The molecule has 2 aromatic heterocycles. The molecule has 6 heteroatoms. The topological polar surface area (TPSA) is 28.6 Å². The summed E-state index contributed by atoms with van der Waals surface area (Å²) < 4.78 is 7.64. The molecule has 4 nitrogen and oxygen atoms in total. The fraction of sp³-hybridized carbons (Fsp3) is 0.0833. The van der Waals surface area contributed by atoms with Crippen molar-refractivity contribution in [2.45, 2.75) is 26.2 Å². The van der Waals surface area contributed by atoms with E-state index < -0.39 is 0 Å². The molecule has 0 radical (unpaired) electrons. The van der Waals surface area contributed by atoms with Crippen molar-refractivity contribution >= 4 is 43.6 Å². The number of fused-ring (bicyclic) bond motifs is 2. The van der Waals surface area contributed by atoms with Gasteiger partial charge in [-0.25, -0.2) is 0 Å². The van der Waals surface area contributed by atoms with Crippen LogP contribution in [0.1, 0.15) is 26.3 Å². The van der Waals surface area contributed by atoms with Gasteiger partial charge in [-0.3, -0.25) is 4.98 Å². The summed E-state index contributed by atoms with van der Waals surface area (Å²) in [5, 5.41) is 4.01. The molecule has 268 valence electrons. The van der Waals surface area contributed by atoms with Crippen LogP contribution in [0.5, 0.6) is 10.8 Å². The molecule has 6 aromatic carbocycles. The number of aromatic nitrogens is 1. The molecule has 9 rings (SSSR count). The number of rotatable bonds is 7. The Hall–Kier alpha value is -5.48. The number of thiophene rings is 1. The minimum absolute atomic E-state index is 0. The van der Waals surface area contributed by atoms with Gasteiger partial charge in [-0.1, -0.05) is 146 Å². The molecular formula is C48H36N3OPtS-3. The standard InChI is InChI=1S/C48H36N3OS.Pt/c1-48(2,3)36-24-25-49-43(29-36)46-39-21-11-10-18-35(39)28-44-42(46)31-45(53-44)52-38-20-12-19-37(30-38)50-26-27-51(32-50)47-40(33-14-6-4-7-15-33)22-13-23-41(47)34-16-8-5-9-17-34;/h4-29,32H,1-3H3;/q-3;. The summed E-state index contributed by atoms with van der Waals surface area (Å²) in [4.78, 5) is 9.14. The molecule has 3 heterocycles. The number of benzene rings is 6. The van der Waals surface area contributed by atoms with Crippen LogP contribution in [0.25, 0.3) is 54.4 Å². The van der Waals surface area contributed by atoms with Crippen LogP contribution in [0.2, 0.25) is 0 Å².